The minimum Gasteiger partial charge on any atom is -0.452 e. The highest BCUT2D eigenvalue weighted by Gasteiger charge is 2.20. The lowest BCUT2D eigenvalue weighted by atomic mass is 10.0. The van der Waals surface area contributed by atoms with Crippen LogP contribution in [0.15, 0.2) is 47.4 Å². The minimum absolute atomic E-state index is 0.286. The SMILES string of the molecule is CNS(=O)(=O)c1ccc(F)c(C(=O)OCC(=O)NCCc2ccc(C(C)C)cc2)c1. The molecule has 0 heterocycles. The zero-order valence-corrected chi connectivity index (χ0v) is 17.9. The third-order valence-corrected chi connectivity index (χ3v) is 5.87. The van der Waals surface area contributed by atoms with Crippen molar-refractivity contribution in [3.05, 3.63) is 65.0 Å². The van der Waals surface area contributed by atoms with Crippen molar-refractivity contribution in [2.24, 2.45) is 0 Å². The summed E-state index contributed by atoms with van der Waals surface area (Å²) in [4.78, 5) is 23.7. The van der Waals surface area contributed by atoms with Crippen LogP contribution in [0.2, 0.25) is 0 Å². The average molecular weight is 437 g/mol. The summed E-state index contributed by atoms with van der Waals surface area (Å²) in [6, 6.07) is 10.8. The molecule has 7 nitrogen and oxygen atoms in total. The number of ether oxygens (including phenoxy) is 1. The van der Waals surface area contributed by atoms with Crippen LogP contribution in [0.25, 0.3) is 0 Å². The molecular weight excluding hydrogens is 411 g/mol. The maximum Gasteiger partial charge on any atom is 0.341 e. The fourth-order valence-electron chi connectivity index (χ4n) is 2.62. The fourth-order valence-corrected chi connectivity index (χ4v) is 3.38. The Morgan fingerprint density at radius 3 is 2.37 bits per heavy atom. The van der Waals surface area contributed by atoms with Crippen LogP contribution in [0.3, 0.4) is 0 Å². The molecule has 0 radical (unpaired) electrons. The molecule has 162 valence electrons. The van der Waals surface area contributed by atoms with Gasteiger partial charge in [0, 0.05) is 6.54 Å². The second-order valence-electron chi connectivity index (χ2n) is 6.92. The third-order valence-electron chi connectivity index (χ3n) is 4.45. The van der Waals surface area contributed by atoms with Gasteiger partial charge in [-0.15, -0.1) is 0 Å². The second-order valence-corrected chi connectivity index (χ2v) is 8.81. The Hall–Kier alpha value is -2.78. The first-order valence-electron chi connectivity index (χ1n) is 9.40. The lowest BCUT2D eigenvalue weighted by molar-refractivity contribution is -0.124. The first-order valence-corrected chi connectivity index (χ1v) is 10.9. The molecule has 0 saturated carbocycles. The number of carbonyl (C=O) groups excluding carboxylic acids is 2. The highest BCUT2D eigenvalue weighted by atomic mass is 32.2. The van der Waals surface area contributed by atoms with Gasteiger partial charge in [-0.3, -0.25) is 4.79 Å². The van der Waals surface area contributed by atoms with Crippen molar-refractivity contribution in [2.45, 2.75) is 31.1 Å². The van der Waals surface area contributed by atoms with Gasteiger partial charge >= 0.3 is 5.97 Å². The molecule has 0 atom stereocenters. The largest absolute Gasteiger partial charge is 0.452 e. The molecule has 0 unspecified atom stereocenters. The van der Waals surface area contributed by atoms with Gasteiger partial charge in [0.05, 0.1) is 10.5 Å². The van der Waals surface area contributed by atoms with E-state index in [2.05, 4.69) is 23.9 Å². The van der Waals surface area contributed by atoms with Gasteiger partial charge in [0.25, 0.3) is 5.91 Å². The topological polar surface area (TPSA) is 102 Å². The van der Waals surface area contributed by atoms with Gasteiger partial charge in [0.2, 0.25) is 10.0 Å². The van der Waals surface area contributed by atoms with Crippen molar-refractivity contribution >= 4 is 21.9 Å². The van der Waals surface area contributed by atoms with Crippen LogP contribution in [-0.2, 0) is 26.0 Å². The van der Waals surface area contributed by atoms with Crippen molar-refractivity contribution in [2.75, 3.05) is 20.2 Å². The van der Waals surface area contributed by atoms with E-state index in [1.54, 1.807) is 0 Å². The van der Waals surface area contributed by atoms with Crippen molar-refractivity contribution in [1.82, 2.24) is 10.0 Å². The van der Waals surface area contributed by atoms with Crippen LogP contribution in [-0.4, -0.2) is 40.5 Å². The van der Waals surface area contributed by atoms with Crippen molar-refractivity contribution in [3.63, 3.8) is 0 Å². The Labute approximate surface area is 175 Å². The highest BCUT2D eigenvalue weighted by molar-refractivity contribution is 7.89. The summed E-state index contributed by atoms with van der Waals surface area (Å²) in [5, 5.41) is 2.62. The van der Waals surface area contributed by atoms with E-state index in [1.165, 1.54) is 12.6 Å². The Balaban J connectivity index is 1.86. The lowest BCUT2D eigenvalue weighted by Gasteiger charge is -2.09. The Kier molecular flexibility index (Phi) is 8.08. The maximum absolute atomic E-state index is 13.9. The van der Waals surface area contributed by atoms with E-state index in [4.69, 9.17) is 4.74 Å². The lowest BCUT2D eigenvalue weighted by Crippen LogP contribution is -2.30. The molecule has 2 rings (SSSR count). The number of halogens is 1. The maximum atomic E-state index is 13.9. The number of benzene rings is 2. The van der Waals surface area contributed by atoms with Crippen molar-refractivity contribution in [1.29, 1.82) is 0 Å². The van der Waals surface area contributed by atoms with Crippen molar-refractivity contribution < 1.29 is 27.1 Å². The average Bonchev–Trinajstić information content (AvgIpc) is 2.72. The number of sulfonamides is 1. The van der Waals surface area contributed by atoms with Gasteiger partial charge < -0.3 is 10.1 Å². The zero-order valence-electron chi connectivity index (χ0n) is 17.1. The molecule has 2 N–H and O–H groups in total. The Morgan fingerprint density at radius 2 is 1.77 bits per heavy atom. The molecule has 30 heavy (non-hydrogen) atoms. The smallest absolute Gasteiger partial charge is 0.341 e. The standard InChI is InChI=1S/C21H25FN2O5S/c1-14(2)16-6-4-15(5-7-16)10-11-24-20(25)13-29-21(26)18-12-17(8-9-19(18)22)30(27,28)23-3/h4-9,12,14,23H,10-11,13H2,1-3H3,(H,24,25). The van der Waals surface area contributed by atoms with E-state index in [0.29, 0.717) is 18.9 Å². The summed E-state index contributed by atoms with van der Waals surface area (Å²) in [7, 11) is -2.66. The zero-order chi connectivity index (χ0) is 22.3. The van der Waals surface area contributed by atoms with Crippen LogP contribution in [0, 0.1) is 5.82 Å². The molecule has 0 aromatic heterocycles. The quantitative estimate of drug-likeness (QED) is 0.588. The summed E-state index contributed by atoms with van der Waals surface area (Å²) < 4.78 is 44.4. The molecule has 0 fully saturated rings. The molecule has 0 spiro atoms. The van der Waals surface area contributed by atoms with E-state index < -0.39 is 39.9 Å². The van der Waals surface area contributed by atoms with Crippen LogP contribution < -0.4 is 10.0 Å². The van der Waals surface area contributed by atoms with Gasteiger partial charge in [-0.1, -0.05) is 38.1 Å². The number of esters is 1. The van der Waals surface area contributed by atoms with Crippen LogP contribution in [0.1, 0.15) is 41.3 Å². The fraction of sp³-hybridized carbons (Fsp3) is 0.333. The normalized spacial score (nSPS) is 11.4. The number of hydrogen-bond acceptors (Lipinski definition) is 5. The summed E-state index contributed by atoms with van der Waals surface area (Å²) >= 11 is 0. The van der Waals surface area contributed by atoms with Gasteiger partial charge in [-0.05, 0) is 48.7 Å². The van der Waals surface area contributed by atoms with Crippen LogP contribution in [0.4, 0.5) is 4.39 Å². The summed E-state index contributed by atoms with van der Waals surface area (Å²) in [6.07, 6.45) is 0.608. The van der Waals surface area contributed by atoms with Crippen LogP contribution >= 0.6 is 0 Å². The summed E-state index contributed by atoms with van der Waals surface area (Å²) in [5.41, 5.74) is 1.72. The second kappa shape index (κ2) is 10.3. The number of hydrogen-bond donors (Lipinski definition) is 2. The van der Waals surface area contributed by atoms with Crippen LogP contribution in [0.5, 0.6) is 0 Å². The third kappa shape index (κ3) is 6.36. The molecule has 0 aliphatic heterocycles. The first-order chi connectivity index (χ1) is 14.1. The molecule has 0 aliphatic rings. The van der Waals surface area contributed by atoms with E-state index >= 15 is 0 Å². The number of nitrogens with one attached hydrogen (secondary N) is 2. The Bertz CT molecular complexity index is 1000. The predicted molar refractivity (Wildman–Crippen MR) is 110 cm³/mol. The van der Waals surface area contributed by atoms with E-state index in [9.17, 15) is 22.4 Å². The molecule has 0 saturated heterocycles. The molecular formula is C21H25FN2O5S. The number of amides is 1. The van der Waals surface area contributed by atoms with Gasteiger partial charge in [-0.25, -0.2) is 22.3 Å². The molecule has 2 aromatic rings. The Morgan fingerprint density at radius 1 is 1.10 bits per heavy atom. The first kappa shape index (κ1) is 23.5. The van der Waals surface area contributed by atoms with E-state index in [-0.39, 0.29) is 4.90 Å². The van der Waals surface area contributed by atoms with Gasteiger partial charge in [0.15, 0.2) is 6.61 Å². The van der Waals surface area contributed by atoms with Crippen molar-refractivity contribution in [3.8, 4) is 0 Å². The number of carbonyl (C=O) groups is 2. The molecule has 0 aliphatic carbocycles. The number of rotatable bonds is 9. The van der Waals surface area contributed by atoms with E-state index in [0.717, 1.165) is 23.8 Å². The summed E-state index contributed by atoms with van der Waals surface area (Å²) in [6.45, 7) is 3.96. The van der Waals surface area contributed by atoms with Gasteiger partial charge in [-0.2, -0.15) is 0 Å². The minimum atomic E-state index is -3.85. The molecule has 2 aromatic carbocycles. The summed E-state index contributed by atoms with van der Waals surface area (Å²) in [5.74, 6) is -2.17. The molecule has 9 heteroatoms. The molecule has 1 amide bonds. The predicted octanol–water partition coefficient (Wildman–Crippen LogP) is 2.37. The molecule has 0 bridgehead atoms. The van der Waals surface area contributed by atoms with Gasteiger partial charge in [0.1, 0.15) is 5.82 Å². The highest BCUT2D eigenvalue weighted by Crippen LogP contribution is 2.16. The monoisotopic (exact) mass is 436 g/mol. The van der Waals surface area contributed by atoms with E-state index in [1.807, 2.05) is 24.3 Å².